The van der Waals surface area contributed by atoms with Gasteiger partial charge in [-0.2, -0.15) is 0 Å². The van der Waals surface area contributed by atoms with Crippen molar-refractivity contribution in [2.24, 2.45) is 0 Å². The molecule has 5 heteroatoms. The molecule has 2 rings (SSSR count). The van der Waals surface area contributed by atoms with Crippen molar-refractivity contribution in [1.29, 1.82) is 0 Å². The highest BCUT2D eigenvalue weighted by molar-refractivity contribution is 9.11. The number of piperazine rings is 1. The summed E-state index contributed by atoms with van der Waals surface area (Å²) in [7, 11) is 0. The van der Waals surface area contributed by atoms with Crippen molar-refractivity contribution in [2.45, 2.75) is 19.4 Å². The maximum atomic E-state index is 6.22. The first-order chi connectivity index (χ1) is 8.63. The Balaban J connectivity index is 2.31. The first-order valence-corrected chi connectivity index (χ1v) is 7.91. The minimum atomic E-state index is 0.404. The zero-order valence-electron chi connectivity index (χ0n) is 10.5. The monoisotopic (exact) mass is 375 g/mol. The van der Waals surface area contributed by atoms with Crippen molar-refractivity contribution in [2.75, 3.05) is 31.9 Å². The highest BCUT2D eigenvalue weighted by Gasteiger charge is 2.23. The SMILES string of the molecule is CC[C@H](c1cc(Br)cc(Br)c1N)N1CCNCC1. The Morgan fingerprint density at radius 3 is 2.61 bits per heavy atom. The molecular formula is C13H19Br2N3. The largest absolute Gasteiger partial charge is 0.398 e. The molecular weight excluding hydrogens is 358 g/mol. The molecule has 1 aliphatic rings. The van der Waals surface area contributed by atoms with Crippen LogP contribution in [0.3, 0.4) is 0 Å². The number of nitrogens with one attached hydrogen (secondary N) is 1. The van der Waals surface area contributed by atoms with Crippen LogP contribution in [0.2, 0.25) is 0 Å². The van der Waals surface area contributed by atoms with E-state index >= 15 is 0 Å². The third kappa shape index (κ3) is 3.07. The van der Waals surface area contributed by atoms with E-state index in [1.165, 1.54) is 5.56 Å². The van der Waals surface area contributed by atoms with Crippen LogP contribution in [0.1, 0.15) is 24.9 Å². The van der Waals surface area contributed by atoms with Crippen molar-refractivity contribution in [1.82, 2.24) is 10.2 Å². The van der Waals surface area contributed by atoms with E-state index < -0.39 is 0 Å². The van der Waals surface area contributed by atoms with E-state index in [4.69, 9.17) is 5.73 Å². The molecule has 0 aliphatic carbocycles. The second-order valence-corrected chi connectivity index (χ2v) is 6.37. The van der Waals surface area contributed by atoms with Gasteiger partial charge in [-0.3, -0.25) is 4.90 Å². The van der Waals surface area contributed by atoms with E-state index in [9.17, 15) is 0 Å². The van der Waals surface area contributed by atoms with E-state index in [1.807, 2.05) is 6.07 Å². The van der Waals surface area contributed by atoms with Crippen molar-refractivity contribution in [3.8, 4) is 0 Å². The Bertz CT molecular complexity index is 417. The molecule has 1 aliphatic heterocycles. The van der Waals surface area contributed by atoms with Crippen molar-refractivity contribution in [3.05, 3.63) is 26.6 Å². The molecule has 18 heavy (non-hydrogen) atoms. The van der Waals surface area contributed by atoms with Gasteiger partial charge in [0, 0.05) is 41.2 Å². The molecule has 1 fully saturated rings. The molecule has 1 aromatic carbocycles. The predicted molar refractivity (Wildman–Crippen MR) is 83.7 cm³/mol. The molecule has 0 radical (unpaired) electrons. The molecule has 1 heterocycles. The number of rotatable bonds is 3. The molecule has 3 nitrogen and oxygen atoms in total. The topological polar surface area (TPSA) is 41.3 Å². The fourth-order valence-corrected chi connectivity index (χ4v) is 3.81. The van der Waals surface area contributed by atoms with E-state index in [-0.39, 0.29) is 0 Å². The molecule has 1 atom stereocenters. The Kier molecular flexibility index (Phi) is 5.06. The number of nitrogen functional groups attached to an aromatic ring is 1. The van der Waals surface area contributed by atoms with Crippen LogP contribution in [-0.4, -0.2) is 31.1 Å². The van der Waals surface area contributed by atoms with Crippen LogP contribution in [0.25, 0.3) is 0 Å². The number of nitrogens with zero attached hydrogens (tertiary/aromatic N) is 1. The molecule has 0 saturated carbocycles. The number of hydrogen-bond donors (Lipinski definition) is 2. The van der Waals surface area contributed by atoms with Crippen LogP contribution < -0.4 is 11.1 Å². The molecule has 0 bridgehead atoms. The molecule has 1 aromatic rings. The molecule has 0 spiro atoms. The number of halogens is 2. The summed E-state index contributed by atoms with van der Waals surface area (Å²) in [4.78, 5) is 2.51. The van der Waals surface area contributed by atoms with Gasteiger partial charge in [-0.15, -0.1) is 0 Å². The zero-order chi connectivity index (χ0) is 13.1. The lowest BCUT2D eigenvalue weighted by atomic mass is 10.00. The van der Waals surface area contributed by atoms with Crippen LogP contribution in [0, 0.1) is 0 Å². The number of nitrogens with two attached hydrogens (primary N) is 1. The first kappa shape index (κ1) is 14.3. The highest BCUT2D eigenvalue weighted by atomic mass is 79.9. The van der Waals surface area contributed by atoms with Gasteiger partial charge >= 0.3 is 0 Å². The maximum absolute atomic E-state index is 6.22. The molecule has 0 amide bonds. The van der Waals surface area contributed by atoms with Crippen molar-refractivity contribution in [3.63, 3.8) is 0 Å². The molecule has 0 aromatic heterocycles. The maximum Gasteiger partial charge on any atom is 0.0507 e. The quantitative estimate of drug-likeness (QED) is 0.796. The number of anilines is 1. The van der Waals surface area contributed by atoms with E-state index in [0.717, 1.165) is 47.2 Å². The van der Waals surface area contributed by atoms with Gasteiger partial charge in [-0.05, 0) is 40.0 Å². The fraction of sp³-hybridized carbons (Fsp3) is 0.538. The van der Waals surface area contributed by atoms with Gasteiger partial charge in [0.15, 0.2) is 0 Å². The Morgan fingerprint density at radius 1 is 1.33 bits per heavy atom. The van der Waals surface area contributed by atoms with E-state index in [0.29, 0.717) is 6.04 Å². The van der Waals surface area contributed by atoms with Gasteiger partial charge in [0.25, 0.3) is 0 Å². The zero-order valence-corrected chi connectivity index (χ0v) is 13.7. The second-order valence-electron chi connectivity index (χ2n) is 4.60. The smallest absolute Gasteiger partial charge is 0.0507 e. The summed E-state index contributed by atoms with van der Waals surface area (Å²) in [6.07, 6.45) is 1.08. The molecule has 100 valence electrons. The summed E-state index contributed by atoms with van der Waals surface area (Å²) in [5.41, 5.74) is 8.31. The van der Waals surface area contributed by atoms with Gasteiger partial charge in [0.2, 0.25) is 0 Å². The summed E-state index contributed by atoms with van der Waals surface area (Å²) in [6, 6.07) is 4.56. The van der Waals surface area contributed by atoms with E-state index in [2.05, 4.69) is 55.1 Å². The molecule has 0 unspecified atom stereocenters. The normalized spacial score (nSPS) is 18.8. The van der Waals surface area contributed by atoms with Crippen molar-refractivity contribution >= 4 is 37.5 Å². The minimum absolute atomic E-state index is 0.404. The Hall–Kier alpha value is -0.100. The van der Waals surface area contributed by atoms with Gasteiger partial charge in [0.05, 0.1) is 5.69 Å². The van der Waals surface area contributed by atoms with Crippen LogP contribution in [0.15, 0.2) is 21.1 Å². The first-order valence-electron chi connectivity index (χ1n) is 6.32. The minimum Gasteiger partial charge on any atom is -0.398 e. The summed E-state index contributed by atoms with van der Waals surface area (Å²) in [5, 5.41) is 3.39. The van der Waals surface area contributed by atoms with Gasteiger partial charge in [-0.25, -0.2) is 0 Å². The Labute approximate surface area is 125 Å². The average molecular weight is 377 g/mol. The molecule has 1 saturated heterocycles. The number of hydrogen-bond acceptors (Lipinski definition) is 3. The lowest BCUT2D eigenvalue weighted by Crippen LogP contribution is -2.45. The average Bonchev–Trinajstić information content (AvgIpc) is 2.37. The van der Waals surface area contributed by atoms with E-state index in [1.54, 1.807) is 0 Å². The third-order valence-corrected chi connectivity index (χ3v) is 4.58. The lowest BCUT2D eigenvalue weighted by Gasteiger charge is -2.35. The van der Waals surface area contributed by atoms with Crippen LogP contribution in [-0.2, 0) is 0 Å². The molecule has 3 N–H and O–H groups in total. The number of benzene rings is 1. The standard InChI is InChI=1S/C13H19Br2N3/c1-2-12(18-5-3-17-4-6-18)10-7-9(14)8-11(15)13(10)16/h7-8,12,17H,2-6,16H2,1H3/t12-/m1/s1. The predicted octanol–water partition coefficient (Wildman–Crippen LogP) is 3.15. The van der Waals surface area contributed by atoms with Gasteiger partial charge in [-0.1, -0.05) is 22.9 Å². The van der Waals surface area contributed by atoms with Crippen molar-refractivity contribution < 1.29 is 0 Å². The second kappa shape index (κ2) is 6.37. The highest BCUT2D eigenvalue weighted by Crippen LogP contribution is 2.36. The lowest BCUT2D eigenvalue weighted by molar-refractivity contribution is 0.170. The fourth-order valence-electron chi connectivity index (χ4n) is 2.55. The van der Waals surface area contributed by atoms with Gasteiger partial charge < -0.3 is 11.1 Å². The summed E-state index contributed by atoms with van der Waals surface area (Å²) >= 11 is 7.08. The van der Waals surface area contributed by atoms with Gasteiger partial charge in [0.1, 0.15) is 0 Å². The van der Waals surface area contributed by atoms with Crippen LogP contribution in [0.5, 0.6) is 0 Å². The van der Waals surface area contributed by atoms with Crippen LogP contribution >= 0.6 is 31.9 Å². The Morgan fingerprint density at radius 2 is 2.00 bits per heavy atom. The van der Waals surface area contributed by atoms with Crippen LogP contribution in [0.4, 0.5) is 5.69 Å². The summed E-state index contributed by atoms with van der Waals surface area (Å²) in [6.45, 7) is 6.52. The summed E-state index contributed by atoms with van der Waals surface area (Å²) in [5.74, 6) is 0. The third-order valence-electron chi connectivity index (χ3n) is 3.46. The summed E-state index contributed by atoms with van der Waals surface area (Å²) < 4.78 is 2.05.